The van der Waals surface area contributed by atoms with Gasteiger partial charge < -0.3 is 10.2 Å². The molecule has 1 N–H and O–H groups in total. The molecule has 35 heavy (non-hydrogen) atoms. The van der Waals surface area contributed by atoms with E-state index >= 15 is 0 Å². The highest BCUT2D eigenvalue weighted by atomic mass is 32.2. The van der Waals surface area contributed by atoms with Crippen molar-refractivity contribution in [2.24, 2.45) is 0 Å². The number of carbonyl (C=O) groups excluding carboxylic acids is 2. The van der Waals surface area contributed by atoms with Crippen molar-refractivity contribution in [1.82, 2.24) is 10.2 Å². The van der Waals surface area contributed by atoms with Crippen LogP contribution in [0.4, 0.5) is 14.5 Å². The van der Waals surface area contributed by atoms with Gasteiger partial charge in [0, 0.05) is 18.7 Å². The van der Waals surface area contributed by atoms with E-state index in [0.717, 1.165) is 35.6 Å². The molecular weight excluding hydrogens is 476 g/mol. The smallest absolute Gasteiger partial charge is 0.244 e. The number of benzene rings is 2. The molecule has 2 aromatic rings. The predicted octanol–water partition coefficient (Wildman–Crippen LogP) is 3.76. The van der Waals surface area contributed by atoms with Crippen molar-refractivity contribution in [3.05, 3.63) is 65.2 Å². The Kier molecular flexibility index (Phi) is 9.76. The second-order valence-electron chi connectivity index (χ2n) is 8.62. The van der Waals surface area contributed by atoms with E-state index in [0.29, 0.717) is 17.1 Å². The molecule has 7 nitrogen and oxygen atoms in total. The van der Waals surface area contributed by atoms with Crippen molar-refractivity contribution in [3.8, 4) is 0 Å². The highest BCUT2D eigenvalue weighted by Crippen LogP contribution is 2.22. The van der Waals surface area contributed by atoms with Gasteiger partial charge in [-0.1, -0.05) is 43.7 Å². The van der Waals surface area contributed by atoms with Crippen LogP contribution in [0.2, 0.25) is 0 Å². The lowest BCUT2D eigenvalue weighted by molar-refractivity contribution is -0.140. The number of anilines is 1. The van der Waals surface area contributed by atoms with Crippen LogP contribution in [0.1, 0.15) is 44.7 Å². The molecule has 0 saturated heterocycles. The summed E-state index contributed by atoms with van der Waals surface area (Å²) in [6, 6.07) is 9.07. The molecule has 0 saturated carbocycles. The molecule has 0 aromatic heterocycles. The largest absolute Gasteiger partial charge is 0.352 e. The lowest BCUT2D eigenvalue weighted by Gasteiger charge is -2.33. The molecule has 0 radical (unpaired) electrons. The van der Waals surface area contributed by atoms with Gasteiger partial charge in [-0.05, 0) is 44.4 Å². The van der Waals surface area contributed by atoms with Crippen LogP contribution in [0.25, 0.3) is 0 Å². The normalized spacial score (nSPS) is 13.1. The Morgan fingerprint density at radius 1 is 1.03 bits per heavy atom. The highest BCUT2D eigenvalue weighted by molar-refractivity contribution is 7.92. The van der Waals surface area contributed by atoms with E-state index in [9.17, 15) is 26.8 Å². The number of hydrogen-bond donors (Lipinski definition) is 1. The number of amides is 2. The molecule has 0 fully saturated rings. The third kappa shape index (κ3) is 7.74. The molecule has 192 valence electrons. The Morgan fingerprint density at radius 2 is 1.71 bits per heavy atom. The second-order valence-corrected chi connectivity index (χ2v) is 10.5. The summed E-state index contributed by atoms with van der Waals surface area (Å²) in [5.74, 6) is -3.36. The molecule has 2 amide bonds. The predicted molar refractivity (Wildman–Crippen MR) is 132 cm³/mol. The van der Waals surface area contributed by atoms with E-state index < -0.39 is 40.2 Å². The Morgan fingerprint density at radius 3 is 2.26 bits per heavy atom. The summed E-state index contributed by atoms with van der Waals surface area (Å²) in [6.45, 7) is 6.84. The fourth-order valence-corrected chi connectivity index (χ4v) is 4.46. The zero-order valence-electron chi connectivity index (χ0n) is 20.7. The topological polar surface area (TPSA) is 86.8 Å². The monoisotopic (exact) mass is 509 g/mol. The number of carbonyl (C=O) groups is 2. The van der Waals surface area contributed by atoms with Crippen LogP contribution in [0.3, 0.4) is 0 Å². The van der Waals surface area contributed by atoms with Crippen molar-refractivity contribution in [1.29, 1.82) is 0 Å². The lowest BCUT2D eigenvalue weighted by atomic mass is 10.1. The van der Waals surface area contributed by atoms with E-state index in [1.165, 1.54) is 4.90 Å². The van der Waals surface area contributed by atoms with Gasteiger partial charge in [0.2, 0.25) is 21.8 Å². The molecule has 0 aliphatic carbocycles. The van der Waals surface area contributed by atoms with Crippen LogP contribution in [0.5, 0.6) is 0 Å². The Labute approximate surface area is 206 Å². The first-order chi connectivity index (χ1) is 16.4. The number of aryl methyl sites for hydroxylation is 1. The van der Waals surface area contributed by atoms with Gasteiger partial charge in [-0.2, -0.15) is 0 Å². The fraction of sp³-hybridized carbons (Fsp3) is 0.440. The highest BCUT2D eigenvalue weighted by Gasteiger charge is 2.32. The van der Waals surface area contributed by atoms with Crippen LogP contribution in [-0.4, -0.2) is 50.0 Å². The number of hydrogen-bond acceptors (Lipinski definition) is 4. The fourth-order valence-electron chi connectivity index (χ4n) is 3.62. The Balaban J connectivity index is 2.46. The zero-order chi connectivity index (χ0) is 26.3. The molecule has 0 spiro atoms. The van der Waals surface area contributed by atoms with Gasteiger partial charge in [0.15, 0.2) is 11.6 Å². The molecule has 10 heteroatoms. The molecule has 0 unspecified atom stereocenters. The van der Waals surface area contributed by atoms with Gasteiger partial charge in [0.05, 0.1) is 11.9 Å². The standard InChI is InChI=1S/C25H33F2N3O4S/c1-6-18(4)28-25(32)23(7-2)29(15-19-10-8-9-17(3)13-19)24(31)16-30(35(5,33)34)20-11-12-21(26)22(27)14-20/h8-14,18,23H,6-7,15-16H2,1-5H3,(H,28,32)/t18-,23-/m1/s1. The Bertz CT molecular complexity index is 1160. The molecule has 2 rings (SSSR count). The van der Waals surface area contributed by atoms with Crippen LogP contribution in [0.15, 0.2) is 42.5 Å². The van der Waals surface area contributed by atoms with Crippen molar-refractivity contribution in [3.63, 3.8) is 0 Å². The van der Waals surface area contributed by atoms with E-state index in [4.69, 9.17) is 0 Å². The summed E-state index contributed by atoms with van der Waals surface area (Å²) >= 11 is 0. The molecule has 2 atom stereocenters. The molecule has 0 heterocycles. The lowest BCUT2D eigenvalue weighted by Crippen LogP contribution is -2.53. The van der Waals surface area contributed by atoms with E-state index in [1.54, 1.807) is 6.92 Å². The van der Waals surface area contributed by atoms with Gasteiger partial charge in [0.1, 0.15) is 12.6 Å². The molecule has 0 aliphatic rings. The van der Waals surface area contributed by atoms with Gasteiger partial charge in [-0.25, -0.2) is 17.2 Å². The average Bonchev–Trinajstić information content (AvgIpc) is 2.78. The number of halogens is 2. The third-order valence-electron chi connectivity index (χ3n) is 5.69. The maximum Gasteiger partial charge on any atom is 0.244 e. The number of rotatable bonds is 11. The van der Waals surface area contributed by atoms with E-state index in [1.807, 2.05) is 45.0 Å². The number of nitrogens with zero attached hydrogens (tertiary/aromatic N) is 2. The minimum atomic E-state index is -4.04. The summed E-state index contributed by atoms with van der Waals surface area (Å²) in [7, 11) is -4.04. The first-order valence-electron chi connectivity index (χ1n) is 11.5. The first kappa shape index (κ1) is 28.2. The summed E-state index contributed by atoms with van der Waals surface area (Å²) < 4.78 is 53.0. The van der Waals surface area contributed by atoms with Crippen molar-refractivity contribution in [2.75, 3.05) is 17.1 Å². The van der Waals surface area contributed by atoms with Crippen molar-refractivity contribution in [2.45, 2.75) is 59.2 Å². The minimum Gasteiger partial charge on any atom is -0.352 e. The van der Waals surface area contributed by atoms with E-state index in [2.05, 4.69) is 5.32 Å². The van der Waals surface area contributed by atoms with Crippen LogP contribution in [-0.2, 0) is 26.2 Å². The van der Waals surface area contributed by atoms with Gasteiger partial charge in [-0.3, -0.25) is 13.9 Å². The van der Waals surface area contributed by atoms with Crippen LogP contribution in [0, 0.1) is 18.6 Å². The van der Waals surface area contributed by atoms with Gasteiger partial charge in [0.25, 0.3) is 0 Å². The Hall–Kier alpha value is -3.01. The summed E-state index contributed by atoms with van der Waals surface area (Å²) in [4.78, 5) is 27.9. The number of nitrogens with one attached hydrogen (secondary N) is 1. The van der Waals surface area contributed by atoms with Crippen molar-refractivity contribution < 1.29 is 26.8 Å². The third-order valence-corrected chi connectivity index (χ3v) is 6.83. The summed E-state index contributed by atoms with van der Waals surface area (Å²) in [6.07, 6.45) is 1.87. The minimum absolute atomic E-state index is 0.0718. The summed E-state index contributed by atoms with van der Waals surface area (Å²) in [5, 5.41) is 2.89. The van der Waals surface area contributed by atoms with Gasteiger partial charge in [-0.15, -0.1) is 0 Å². The molecule has 0 bridgehead atoms. The van der Waals surface area contributed by atoms with Crippen LogP contribution >= 0.6 is 0 Å². The van der Waals surface area contributed by atoms with Gasteiger partial charge >= 0.3 is 0 Å². The second kappa shape index (κ2) is 12.1. The van der Waals surface area contributed by atoms with Crippen molar-refractivity contribution >= 4 is 27.5 Å². The summed E-state index contributed by atoms with van der Waals surface area (Å²) in [5.41, 5.74) is 1.55. The maximum absolute atomic E-state index is 13.8. The molecular formula is C25H33F2N3O4S. The first-order valence-corrected chi connectivity index (χ1v) is 13.3. The molecule has 2 aromatic carbocycles. The SMILES string of the molecule is CC[C@@H](C)NC(=O)[C@@H](CC)N(Cc1cccc(C)c1)C(=O)CN(c1ccc(F)c(F)c1)S(C)(=O)=O. The average molecular weight is 510 g/mol. The van der Waals surface area contributed by atoms with E-state index in [-0.39, 0.29) is 24.2 Å². The zero-order valence-corrected chi connectivity index (χ0v) is 21.5. The number of sulfonamides is 1. The van der Waals surface area contributed by atoms with Crippen LogP contribution < -0.4 is 9.62 Å². The molecule has 0 aliphatic heterocycles. The maximum atomic E-state index is 13.8. The quantitative estimate of drug-likeness (QED) is 0.500.